The summed E-state index contributed by atoms with van der Waals surface area (Å²) in [6.07, 6.45) is 1.46. The van der Waals surface area contributed by atoms with Gasteiger partial charge in [0, 0.05) is 0 Å². The fraction of sp³-hybridized carbons (Fsp3) is 0.0625. The van der Waals surface area contributed by atoms with E-state index in [1.807, 2.05) is 30.3 Å². The zero-order valence-corrected chi connectivity index (χ0v) is 13.0. The van der Waals surface area contributed by atoms with E-state index in [-0.39, 0.29) is 0 Å². The van der Waals surface area contributed by atoms with Gasteiger partial charge in [-0.2, -0.15) is 0 Å². The van der Waals surface area contributed by atoms with Gasteiger partial charge >= 0.3 is 5.97 Å². The lowest BCUT2D eigenvalue weighted by Crippen LogP contribution is -3.32. The number of rotatable bonds is 4. The van der Waals surface area contributed by atoms with Gasteiger partial charge in [0.15, 0.2) is 0 Å². The van der Waals surface area contributed by atoms with Gasteiger partial charge < -0.3 is 32.1 Å². The van der Waals surface area contributed by atoms with Crippen molar-refractivity contribution >= 4 is 9.55 Å². The van der Waals surface area contributed by atoms with Gasteiger partial charge in [-0.3, -0.25) is 0 Å². The Labute approximate surface area is 131 Å². The molecule has 3 nitrogen and oxygen atoms in total. The molecule has 0 aliphatic carbocycles. The Morgan fingerprint density at radius 1 is 1.00 bits per heavy atom. The molecule has 0 fully saturated rings. The first-order chi connectivity index (χ1) is 9.70. The van der Waals surface area contributed by atoms with E-state index < -0.39 is 5.97 Å². The Balaban J connectivity index is 2.04. The molecule has 4 heteroatoms. The average Bonchev–Trinajstić information content (AvgIpc) is 2.53. The summed E-state index contributed by atoms with van der Waals surface area (Å²) in [6.45, 7) is 0. The van der Waals surface area contributed by atoms with Crippen molar-refractivity contribution < 1.29 is 36.9 Å². The largest absolute Gasteiger partial charge is 0.755 e. The first-order valence-corrected chi connectivity index (χ1v) is 7.04. The highest BCUT2D eigenvalue weighted by atomic mass is 127. The summed E-state index contributed by atoms with van der Waals surface area (Å²) in [4.78, 5) is 11.9. The number of methoxy groups -OCH3 is 1. The number of hydrogen-bond acceptors (Lipinski definition) is 3. The van der Waals surface area contributed by atoms with Crippen molar-refractivity contribution in [1.82, 2.24) is 0 Å². The highest BCUT2D eigenvalue weighted by Gasteiger charge is 2.05. The van der Waals surface area contributed by atoms with E-state index in [9.17, 15) is 4.79 Å². The van der Waals surface area contributed by atoms with Gasteiger partial charge in [-0.1, -0.05) is 30.3 Å². The van der Waals surface area contributed by atoms with Gasteiger partial charge in [-0.05, 0) is 29.8 Å². The number of carbonyl (C=O) groups is 1. The minimum Gasteiger partial charge on any atom is -0.755 e. The van der Waals surface area contributed by atoms with Crippen LogP contribution in [0.5, 0.6) is 5.75 Å². The number of carbonyl (C=O) groups excluding carboxylic acids is 1. The monoisotopic (exact) mass is 380 g/mol. The van der Waals surface area contributed by atoms with Crippen LogP contribution >= 0.6 is 0 Å². The van der Waals surface area contributed by atoms with E-state index in [2.05, 4.69) is 22.6 Å². The second-order valence-electron chi connectivity index (χ2n) is 3.97. The van der Waals surface area contributed by atoms with Crippen molar-refractivity contribution in [3.05, 3.63) is 72.0 Å². The maximum absolute atomic E-state index is 11.9. The molecule has 1 radical (unpaired) electrons. The van der Waals surface area contributed by atoms with Gasteiger partial charge in [-0.15, -0.1) is 3.58 Å². The molecule has 2 aromatic carbocycles. The Hall–Kier alpha value is -1.82. The Morgan fingerprint density at radius 3 is 2.25 bits per heavy atom. The molecule has 0 unspecified atom stereocenters. The molecule has 0 aromatic heterocycles. The van der Waals surface area contributed by atoms with Crippen molar-refractivity contribution in [2.24, 2.45) is 0 Å². The molecule has 0 atom stereocenters. The Kier molecular flexibility index (Phi) is 5.17. The summed E-state index contributed by atoms with van der Waals surface area (Å²) in [6, 6.07) is 16.5. The molecular formula is C16H13IO3-. The van der Waals surface area contributed by atoms with Gasteiger partial charge in [-0.25, -0.2) is 4.79 Å². The first-order valence-electron chi connectivity index (χ1n) is 5.97. The molecule has 0 saturated carbocycles. The molecule has 2 rings (SSSR count). The van der Waals surface area contributed by atoms with Gasteiger partial charge in [0.05, 0.1) is 18.9 Å². The standard InChI is InChI=1S/C16H13IO3/c1-19-14-9-7-13(8-10-14)16(18)20-11-15(17)12-5-3-2-4-6-12/h2-11H,1H3/q-1/b15-11-. The molecule has 20 heavy (non-hydrogen) atoms. The van der Waals surface area contributed by atoms with Crippen LogP contribution in [0.2, 0.25) is 0 Å². The molecule has 0 saturated heterocycles. The van der Waals surface area contributed by atoms with E-state index in [0.29, 0.717) is 11.3 Å². The molecule has 0 amide bonds. The molecule has 2 aromatic rings. The van der Waals surface area contributed by atoms with Crippen molar-refractivity contribution in [3.63, 3.8) is 0 Å². The lowest BCUT2D eigenvalue weighted by atomic mass is 10.2. The Bertz CT molecular complexity index is 603. The van der Waals surface area contributed by atoms with Crippen LogP contribution < -0.4 is 27.3 Å². The lowest BCUT2D eigenvalue weighted by molar-refractivity contribution is -0.245. The van der Waals surface area contributed by atoms with E-state index in [0.717, 1.165) is 9.14 Å². The summed E-state index contributed by atoms with van der Waals surface area (Å²) in [5.74, 6) is 0.314. The van der Waals surface area contributed by atoms with Crippen LogP contribution in [0.1, 0.15) is 15.9 Å². The Morgan fingerprint density at radius 2 is 1.65 bits per heavy atom. The van der Waals surface area contributed by atoms with E-state index >= 15 is 0 Å². The summed E-state index contributed by atoms with van der Waals surface area (Å²) < 4.78 is 11.1. The van der Waals surface area contributed by atoms with Crippen LogP contribution in [-0.4, -0.2) is 13.1 Å². The normalized spacial score (nSPS) is 11.0. The molecular weight excluding hydrogens is 367 g/mol. The molecule has 0 N–H and O–H groups in total. The minimum absolute atomic E-state index is 0.391. The topological polar surface area (TPSA) is 35.5 Å². The molecule has 103 valence electrons. The third-order valence-electron chi connectivity index (χ3n) is 2.64. The van der Waals surface area contributed by atoms with Gasteiger partial charge in [0.25, 0.3) is 0 Å². The molecule has 0 aliphatic heterocycles. The molecule has 0 spiro atoms. The SMILES string of the molecule is COc1ccc(C(=O)O/C=C(\[I-])c2ccccc2)cc1. The summed E-state index contributed by atoms with van der Waals surface area (Å²) in [7, 11) is 1.58. The highest BCUT2D eigenvalue weighted by molar-refractivity contribution is 5.90. The second kappa shape index (κ2) is 7.09. The smallest absolute Gasteiger partial charge is 0.342 e. The van der Waals surface area contributed by atoms with Crippen LogP contribution in [0.25, 0.3) is 3.58 Å². The number of hydrogen-bond donors (Lipinski definition) is 0. The van der Waals surface area contributed by atoms with Crippen molar-refractivity contribution in [1.29, 1.82) is 0 Å². The summed E-state index contributed by atoms with van der Waals surface area (Å²) in [5.41, 5.74) is 1.50. The van der Waals surface area contributed by atoms with Crippen LogP contribution in [0.15, 0.2) is 60.9 Å². The van der Waals surface area contributed by atoms with Crippen LogP contribution in [0, 0.1) is 0 Å². The molecule has 0 heterocycles. The van der Waals surface area contributed by atoms with E-state index in [1.54, 1.807) is 31.4 Å². The second-order valence-corrected chi connectivity index (χ2v) is 5.13. The number of halogens is 1. The maximum Gasteiger partial charge on any atom is 0.342 e. The predicted octanol–water partition coefficient (Wildman–Crippen LogP) is 0.404. The van der Waals surface area contributed by atoms with Gasteiger partial charge in [0.2, 0.25) is 0 Å². The lowest BCUT2D eigenvalue weighted by Gasteiger charge is -2.12. The highest BCUT2D eigenvalue weighted by Crippen LogP contribution is 2.12. The molecule has 0 bridgehead atoms. The first kappa shape index (κ1) is 14.6. The number of ether oxygens (including phenoxy) is 2. The number of benzene rings is 2. The fourth-order valence-corrected chi connectivity index (χ4v) is 2.05. The van der Waals surface area contributed by atoms with Gasteiger partial charge in [0.1, 0.15) is 5.75 Å². The van der Waals surface area contributed by atoms with Crippen LogP contribution in [-0.2, 0) is 4.74 Å². The van der Waals surface area contributed by atoms with Crippen molar-refractivity contribution in [3.8, 4) is 5.75 Å². The third kappa shape index (κ3) is 3.84. The average molecular weight is 380 g/mol. The number of esters is 1. The van der Waals surface area contributed by atoms with Crippen molar-refractivity contribution in [2.75, 3.05) is 7.11 Å². The summed E-state index contributed by atoms with van der Waals surface area (Å²) in [5, 5.41) is 0. The third-order valence-corrected chi connectivity index (χ3v) is 3.52. The predicted molar refractivity (Wildman–Crippen MR) is 72.8 cm³/mol. The zero-order chi connectivity index (χ0) is 14.4. The minimum atomic E-state index is -0.391. The van der Waals surface area contributed by atoms with E-state index in [1.165, 1.54) is 6.26 Å². The van der Waals surface area contributed by atoms with E-state index in [4.69, 9.17) is 9.47 Å². The maximum atomic E-state index is 11.9. The quantitative estimate of drug-likeness (QED) is 0.438. The molecule has 0 aliphatic rings. The fourth-order valence-electron chi connectivity index (χ4n) is 1.57. The zero-order valence-electron chi connectivity index (χ0n) is 10.9. The van der Waals surface area contributed by atoms with Crippen LogP contribution in [0.4, 0.5) is 0 Å². The van der Waals surface area contributed by atoms with Crippen LogP contribution in [0.3, 0.4) is 0 Å². The summed E-state index contributed by atoms with van der Waals surface area (Å²) >= 11 is 2.14. The van der Waals surface area contributed by atoms with Crippen molar-refractivity contribution in [2.45, 2.75) is 0 Å².